The Hall–Kier alpha value is -3.07. The van der Waals surface area contributed by atoms with Crippen molar-refractivity contribution in [2.24, 2.45) is 4.99 Å². The van der Waals surface area contributed by atoms with Crippen molar-refractivity contribution in [3.8, 4) is 0 Å². The van der Waals surface area contributed by atoms with Crippen LogP contribution in [-0.4, -0.2) is 97.2 Å². The predicted molar refractivity (Wildman–Crippen MR) is 125 cm³/mol. The first-order valence-corrected chi connectivity index (χ1v) is 11.5. The number of aliphatic imine (C=N–C) groups is 1. The number of aromatic nitrogens is 1. The molecule has 1 aromatic carbocycles. The molecule has 2 saturated heterocycles. The summed E-state index contributed by atoms with van der Waals surface area (Å²) in [5.41, 5.74) is 2.17. The van der Waals surface area contributed by atoms with Crippen molar-refractivity contribution in [3.05, 3.63) is 48.4 Å². The normalized spacial score (nSPS) is 18.2. The lowest BCUT2D eigenvalue weighted by Crippen LogP contribution is -2.53. The summed E-state index contributed by atoms with van der Waals surface area (Å²) in [6.07, 6.45) is 1.61. The van der Waals surface area contributed by atoms with E-state index >= 15 is 0 Å². The van der Waals surface area contributed by atoms with Gasteiger partial charge in [-0.05, 0) is 19.1 Å². The number of hydrogen-bond acceptors (Lipinski definition) is 6. The highest BCUT2D eigenvalue weighted by Gasteiger charge is 2.23. The molecule has 172 valence electrons. The van der Waals surface area contributed by atoms with Gasteiger partial charge in [0.15, 0.2) is 5.96 Å². The highest BCUT2D eigenvalue weighted by molar-refractivity contribution is 5.85. The Balaban J connectivity index is 1.25. The van der Waals surface area contributed by atoms with Gasteiger partial charge in [0.05, 0.1) is 5.69 Å². The number of guanidine groups is 1. The van der Waals surface area contributed by atoms with Crippen molar-refractivity contribution < 1.29 is 9.32 Å². The van der Waals surface area contributed by atoms with E-state index in [-0.39, 0.29) is 12.5 Å². The summed E-state index contributed by atoms with van der Waals surface area (Å²) in [4.78, 5) is 26.3. The summed E-state index contributed by atoms with van der Waals surface area (Å²) in [6, 6.07) is 12.3. The Morgan fingerprint density at radius 1 is 1.00 bits per heavy atom. The van der Waals surface area contributed by atoms with Crippen LogP contribution in [0.4, 0.5) is 5.69 Å². The molecule has 2 aromatic rings. The number of nitrogens with one attached hydrogen (secondary N) is 1. The van der Waals surface area contributed by atoms with Gasteiger partial charge in [0.1, 0.15) is 12.8 Å². The lowest BCUT2D eigenvalue weighted by Gasteiger charge is -2.37. The third-order valence-electron chi connectivity index (χ3n) is 6.00. The minimum Gasteiger partial charge on any atom is -0.368 e. The molecule has 0 radical (unpaired) electrons. The number of amides is 1. The van der Waals surface area contributed by atoms with Crippen LogP contribution in [-0.2, 0) is 11.3 Å². The minimum atomic E-state index is 0.0952. The van der Waals surface area contributed by atoms with Crippen molar-refractivity contribution in [2.75, 3.05) is 70.3 Å². The van der Waals surface area contributed by atoms with Crippen LogP contribution < -0.4 is 10.2 Å². The molecule has 0 atom stereocenters. The molecule has 32 heavy (non-hydrogen) atoms. The van der Waals surface area contributed by atoms with Gasteiger partial charge in [0.2, 0.25) is 5.91 Å². The summed E-state index contributed by atoms with van der Waals surface area (Å²) >= 11 is 0. The van der Waals surface area contributed by atoms with Gasteiger partial charge in [-0.1, -0.05) is 23.4 Å². The molecule has 0 bridgehead atoms. The van der Waals surface area contributed by atoms with Crippen molar-refractivity contribution in [1.29, 1.82) is 0 Å². The van der Waals surface area contributed by atoms with Crippen LogP contribution in [0.1, 0.15) is 12.6 Å². The average molecular weight is 440 g/mol. The summed E-state index contributed by atoms with van der Waals surface area (Å²) in [7, 11) is 0. The van der Waals surface area contributed by atoms with Crippen LogP contribution >= 0.6 is 0 Å². The fourth-order valence-electron chi connectivity index (χ4n) is 4.19. The number of piperazine rings is 2. The maximum absolute atomic E-state index is 12.8. The summed E-state index contributed by atoms with van der Waals surface area (Å²) in [6.45, 7) is 10.6. The predicted octanol–water partition coefficient (Wildman–Crippen LogP) is 1.11. The molecule has 1 amide bonds. The first-order chi connectivity index (χ1) is 15.7. The molecular weight excluding hydrogens is 406 g/mol. The SMILES string of the molecule is CCNC(=NCC(=O)N1CCN(c2ccccc2)CC1)N1CCN(Cc2ccon2)CC1. The van der Waals surface area contributed by atoms with Crippen LogP contribution in [0.3, 0.4) is 0 Å². The molecule has 1 aromatic heterocycles. The molecule has 0 unspecified atom stereocenters. The zero-order chi connectivity index (χ0) is 22.2. The van der Waals surface area contributed by atoms with Crippen molar-refractivity contribution in [1.82, 2.24) is 25.2 Å². The summed E-state index contributed by atoms with van der Waals surface area (Å²) in [5.74, 6) is 0.919. The number of benzene rings is 1. The third kappa shape index (κ3) is 5.79. The second-order valence-corrected chi connectivity index (χ2v) is 8.13. The Labute approximate surface area is 189 Å². The fraction of sp³-hybridized carbons (Fsp3) is 0.522. The van der Waals surface area contributed by atoms with E-state index in [2.05, 4.69) is 61.4 Å². The highest BCUT2D eigenvalue weighted by Crippen LogP contribution is 2.15. The van der Waals surface area contributed by atoms with Gasteiger partial charge >= 0.3 is 0 Å². The van der Waals surface area contributed by atoms with E-state index in [1.54, 1.807) is 6.26 Å². The van der Waals surface area contributed by atoms with Gasteiger partial charge in [-0.2, -0.15) is 0 Å². The lowest BCUT2D eigenvalue weighted by atomic mass is 10.2. The number of hydrogen-bond donors (Lipinski definition) is 1. The Bertz CT molecular complexity index is 856. The number of carbonyl (C=O) groups is 1. The molecule has 9 heteroatoms. The molecule has 0 saturated carbocycles. The summed E-state index contributed by atoms with van der Waals surface area (Å²) in [5, 5.41) is 7.35. The van der Waals surface area contributed by atoms with Gasteiger partial charge in [-0.25, -0.2) is 4.99 Å². The lowest BCUT2D eigenvalue weighted by molar-refractivity contribution is -0.129. The molecule has 3 heterocycles. The molecular formula is C23H33N7O2. The Morgan fingerprint density at radius 2 is 1.72 bits per heavy atom. The van der Waals surface area contributed by atoms with Crippen molar-refractivity contribution >= 4 is 17.6 Å². The molecule has 2 fully saturated rings. The number of nitrogens with zero attached hydrogens (tertiary/aromatic N) is 6. The molecule has 0 spiro atoms. The quantitative estimate of drug-likeness (QED) is 0.533. The van der Waals surface area contributed by atoms with Crippen LogP contribution in [0.2, 0.25) is 0 Å². The number of carbonyl (C=O) groups excluding carboxylic acids is 1. The monoisotopic (exact) mass is 439 g/mol. The largest absolute Gasteiger partial charge is 0.368 e. The maximum atomic E-state index is 12.8. The zero-order valence-electron chi connectivity index (χ0n) is 18.8. The molecule has 4 rings (SSSR count). The first kappa shape index (κ1) is 22.1. The van der Waals surface area contributed by atoms with Gasteiger partial charge in [-0.15, -0.1) is 0 Å². The maximum Gasteiger partial charge on any atom is 0.244 e. The van der Waals surface area contributed by atoms with E-state index in [4.69, 9.17) is 4.52 Å². The first-order valence-electron chi connectivity index (χ1n) is 11.5. The van der Waals surface area contributed by atoms with Crippen molar-refractivity contribution in [2.45, 2.75) is 13.5 Å². The fourth-order valence-corrected chi connectivity index (χ4v) is 4.19. The van der Waals surface area contributed by atoms with Gasteiger partial charge in [-0.3, -0.25) is 9.69 Å². The second-order valence-electron chi connectivity index (χ2n) is 8.13. The van der Waals surface area contributed by atoms with Crippen LogP contribution in [0.5, 0.6) is 0 Å². The van der Waals surface area contributed by atoms with Crippen LogP contribution in [0.15, 0.2) is 52.2 Å². The van der Waals surface area contributed by atoms with E-state index in [0.717, 1.165) is 77.1 Å². The van der Waals surface area contributed by atoms with E-state index in [9.17, 15) is 4.79 Å². The molecule has 9 nitrogen and oxygen atoms in total. The number of anilines is 1. The van der Waals surface area contributed by atoms with Crippen molar-refractivity contribution in [3.63, 3.8) is 0 Å². The molecule has 2 aliphatic heterocycles. The zero-order valence-corrected chi connectivity index (χ0v) is 18.8. The second kappa shape index (κ2) is 11.0. The standard InChI is InChI=1S/C23H33N7O2/c1-2-24-23(30-11-9-27(10-12-30)19-20-8-17-32-26-20)25-18-22(31)29-15-13-28(14-16-29)21-6-4-3-5-7-21/h3-8,17H,2,9-16,18-19H2,1H3,(H,24,25). The van der Waals surface area contributed by atoms with Crippen LogP contribution in [0.25, 0.3) is 0 Å². The van der Waals surface area contributed by atoms with Crippen LogP contribution in [0, 0.1) is 0 Å². The van der Waals surface area contributed by atoms with Gasteiger partial charge < -0.3 is 24.5 Å². The smallest absolute Gasteiger partial charge is 0.244 e. The average Bonchev–Trinajstić information content (AvgIpc) is 3.36. The van der Waals surface area contributed by atoms with E-state index in [1.165, 1.54) is 5.69 Å². The highest BCUT2D eigenvalue weighted by atomic mass is 16.5. The Morgan fingerprint density at radius 3 is 2.38 bits per heavy atom. The van der Waals surface area contributed by atoms with E-state index in [1.807, 2.05) is 17.0 Å². The van der Waals surface area contributed by atoms with Gasteiger partial charge in [0.25, 0.3) is 0 Å². The van der Waals surface area contributed by atoms with E-state index < -0.39 is 0 Å². The third-order valence-corrected chi connectivity index (χ3v) is 6.00. The number of rotatable bonds is 6. The topological polar surface area (TPSA) is 80.5 Å². The molecule has 1 N–H and O–H groups in total. The van der Waals surface area contributed by atoms with E-state index in [0.29, 0.717) is 0 Å². The molecule has 2 aliphatic rings. The number of para-hydroxylation sites is 1. The Kier molecular flexibility index (Phi) is 7.60. The molecule has 0 aliphatic carbocycles. The van der Waals surface area contributed by atoms with Gasteiger partial charge in [0, 0.05) is 77.2 Å². The summed E-state index contributed by atoms with van der Waals surface area (Å²) < 4.78 is 4.93. The minimum absolute atomic E-state index is 0.0952.